The smallest absolute Gasteiger partial charge is 0.0630 e. The molecule has 1 fully saturated rings. The maximum Gasteiger partial charge on any atom is 0.0630 e. The molecule has 1 aliphatic rings. The zero-order valence-electron chi connectivity index (χ0n) is 13.1. The van der Waals surface area contributed by atoms with Gasteiger partial charge in [-0.05, 0) is 53.0 Å². The van der Waals surface area contributed by atoms with Crippen LogP contribution >= 0.6 is 0 Å². The third kappa shape index (κ3) is 5.25. The van der Waals surface area contributed by atoms with Crippen molar-refractivity contribution in [1.82, 2.24) is 10.2 Å². The van der Waals surface area contributed by atoms with Crippen LogP contribution in [0.3, 0.4) is 0 Å². The van der Waals surface area contributed by atoms with E-state index in [0.717, 1.165) is 19.1 Å². The van der Waals surface area contributed by atoms with Crippen LogP contribution < -0.4 is 5.32 Å². The average Bonchev–Trinajstić information content (AvgIpc) is 2.24. The Balaban J connectivity index is 2.55. The van der Waals surface area contributed by atoms with Crippen molar-refractivity contribution < 1.29 is 4.74 Å². The molecule has 0 aromatic heterocycles. The number of hydrogen-bond donors (Lipinski definition) is 1. The highest BCUT2D eigenvalue weighted by molar-refractivity contribution is 4.85. The van der Waals surface area contributed by atoms with Gasteiger partial charge in [0, 0.05) is 31.3 Å². The van der Waals surface area contributed by atoms with E-state index >= 15 is 0 Å². The van der Waals surface area contributed by atoms with Crippen molar-refractivity contribution in [3.8, 4) is 0 Å². The molecule has 0 aromatic rings. The highest BCUT2D eigenvalue weighted by Gasteiger charge is 2.29. The Morgan fingerprint density at radius 1 is 1.33 bits per heavy atom. The Labute approximate surface area is 113 Å². The van der Waals surface area contributed by atoms with E-state index in [2.05, 4.69) is 44.8 Å². The molecule has 1 saturated heterocycles. The topological polar surface area (TPSA) is 24.5 Å². The fraction of sp³-hybridized carbons (Fsp3) is 1.00. The minimum atomic E-state index is 0.179. The predicted octanol–water partition coefficient (Wildman–Crippen LogP) is 2.51. The summed E-state index contributed by atoms with van der Waals surface area (Å²) in [5.74, 6) is 0.870. The number of hydrogen-bond acceptors (Lipinski definition) is 3. The lowest BCUT2D eigenvalue weighted by molar-refractivity contribution is 0.0314. The quantitative estimate of drug-likeness (QED) is 0.818. The molecular weight excluding hydrogens is 224 g/mol. The molecule has 0 bridgehead atoms. The highest BCUT2D eigenvalue weighted by Crippen LogP contribution is 2.24. The van der Waals surface area contributed by atoms with E-state index in [-0.39, 0.29) is 5.54 Å². The van der Waals surface area contributed by atoms with Crippen molar-refractivity contribution in [2.45, 2.75) is 65.1 Å². The fourth-order valence-electron chi connectivity index (χ4n) is 2.86. The van der Waals surface area contributed by atoms with Crippen LogP contribution in [-0.2, 0) is 4.74 Å². The monoisotopic (exact) mass is 256 g/mol. The van der Waals surface area contributed by atoms with Gasteiger partial charge in [0.15, 0.2) is 0 Å². The number of methoxy groups -OCH3 is 1. The second kappa shape index (κ2) is 6.88. The van der Waals surface area contributed by atoms with Gasteiger partial charge >= 0.3 is 0 Å². The summed E-state index contributed by atoms with van der Waals surface area (Å²) in [5, 5.41) is 3.61. The Kier molecular flexibility index (Phi) is 6.09. The van der Waals surface area contributed by atoms with E-state index in [0.29, 0.717) is 12.1 Å². The molecule has 108 valence electrons. The molecular formula is C15H32N2O. The Bertz CT molecular complexity index is 237. The van der Waals surface area contributed by atoms with Crippen LogP contribution in [0.5, 0.6) is 0 Å². The molecule has 0 saturated carbocycles. The molecule has 3 unspecified atom stereocenters. The normalized spacial score (nSPS) is 28.3. The number of rotatable bonds is 5. The molecule has 0 radical (unpaired) electrons. The molecule has 1 N–H and O–H groups in total. The first-order chi connectivity index (χ1) is 8.33. The molecule has 1 heterocycles. The van der Waals surface area contributed by atoms with Crippen LogP contribution in [0.25, 0.3) is 0 Å². The Morgan fingerprint density at radius 3 is 2.50 bits per heavy atom. The maximum atomic E-state index is 5.42. The van der Waals surface area contributed by atoms with E-state index < -0.39 is 0 Å². The Morgan fingerprint density at radius 2 is 2.00 bits per heavy atom. The molecule has 1 rings (SSSR count). The van der Waals surface area contributed by atoms with Crippen molar-refractivity contribution in [3.63, 3.8) is 0 Å². The molecule has 0 aromatic carbocycles. The second-order valence-electron chi connectivity index (χ2n) is 6.96. The maximum absolute atomic E-state index is 5.42. The van der Waals surface area contributed by atoms with Crippen molar-refractivity contribution in [3.05, 3.63) is 0 Å². The van der Waals surface area contributed by atoms with Gasteiger partial charge < -0.3 is 10.1 Å². The first kappa shape index (κ1) is 15.9. The number of ether oxygens (including phenoxy) is 1. The second-order valence-corrected chi connectivity index (χ2v) is 6.96. The lowest BCUT2D eigenvalue weighted by Gasteiger charge is -2.42. The largest absolute Gasteiger partial charge is 0.383 e. The number of likely N-dealkylation sites (tertiary alicyclic amines) is 1. The molecule has 0 amide bonds. The molecule has 0 spiro atoms. The van der Waals surface area contributed by atoms with Crippen molar-refractivity contribution in [2.75, 3.05) is 26.8 Å². The van der Waals surface area contributed by atoms with Crippen LogP contribution in [0.4, 0.5) is 0 Å². The molecule has 1 aliphatic heterocycles. The van der Waals surface area contributed by atoms with E-state index in [1.807, 2.05) is 0 Å². The lowest BCUT2D eigenvalue weighted by atomic mass is 9.92. The van der Waals surface area contributed by atoms with E-state index in [9.17, 15) is 0 Å². The van der Waals surface area contributed by atoms with Gasteiger partial charge in [-0.15, -0.1) is 0 Å². The lowest BCUT2D eigenvalue weighted by Crippen LogP contribution is -2.54. The minimum absolute atomic E-state index is 0.179. The van der Waals surface area contributed by atoms with Crippen LogP contribution in [0.1, 0.15) is 47.5 Å². The first-order valence-corrected chi connectivity index (χ1v) is 7.33. The van der Waals surface area contributed by atoms with Crippen molar-refractivity contribution >= 4 is 0 Å². The van der Waals surface area contributed by atoms with Gasteiger partial charge in [0.05, 0.1) is 6.61 Å². The van der Waals surface area contributed by atoms with Gasteiger partial charge in [-0.25, -0.2) is 0 Å². The molecule has 3 nitrogen and oxygen atoms in total. The third-order valence-corrected chi connectivity index (χ3v) is 3.89. The van der Waals surface area contributed by atoms with Crippen LogP contribution in [-0.4, -0.2) is 49.3 Å². The highest BCUT2D eigenvalue weighted by atomic mass is 16.5. The van der Waals surface area contributed by atoms with Crippen molar-refractivity contribution in [1.29, 1.82) is 0 Å². The summed E-state index contributed by atoms with van der Waals surface area (Å²) in [6.07, 6.45) is 2.63. The van der Waals surface area contributed by atoms with Gasteiger partial charge in [0.2, 0.25) is 0 Å². The fourth-order valence-corrected chi connectivity index (χ4v) is 2.86. The SMILES string of the molecule is COCC(CNC(C)(C)C)N1CCC(C)CC1C. The molecule has 18 heavy (non-hydrogen) atoms. The first-order valence-electron chi connectivity index (χ1n) is 7.33. The van der Waals surface area contributed by atoms with Crippen LogP contribution in [0, 0.1) is 5.92 Å². The van der Waals surface area contributed by atoms with E-state index in [1.165, 1.54) is 19.4 Å². The summed E-state index contributed by atoms with van der Waals surface area (Å²) >= 11 is 0. The predicted molar refractivity (Wildman–Crippen MR) is 78.0 cm³/mol. The minimum Gasteiger partial charge on any atom is -0.383 e. The summed E-state index contributed by atoms with van der Waals surface area (Å²) in [7, 11) is 1.81. The summed E-state index contributed by atoms with van der Waals surface area (Å²) in [6, 6.07) is 1.17. The van der Waals surface area contributed by atoms with Gasteiger partial charge in [0.1, 0.15) is 0 Å². The average molecular weight is 256 g/mol. The van der Waals surface area contributed by atoms with Gasteiger partial charge in [-0.2, -0.15) is 0 Å². The summed E-state index contributed by atoms with van der Waals surface area (Å²) in [5.41, 5.74) is 0.179. The summed E-state index contributed by atoms with van der Waals surface area (Å²) < 4.78 is 5.42. The van der Waals surface area contributed by atoms with Crippen molar-refractivity contribution in [2.24, 2.45) is 5.92 Å². The number of nitrogens with one attached hydrogen (secondary N) is 1. The molecule has 3 atom stereocenters. The zero-order chi connectivity index (χ0) is 13.8. The van der Waals surface area contributed by atoms with E-state index in [4.69, 9.17) is 4.74 Å². The zero-order valence-corrected chi connectivity index (χ0v) is 13.1. The Hall–Kier alpha value is -0.120. The van der Waals surface area contributed by atoms with Crippen LogP contribution in [0.15, 0.2) is 0 Å². The number of piperidine rings is 1. The van der Waals surface area contributed by atoms with Gasteiger partial charge in [0.25, 0.3) is 0 Å². The van der Waals surface area contributed by atoms with E-state index in [1.54, 1.807) is 7.11 Å². The van der Waals surface area contributed by atoms with Gasteiger partial charge in [-0.1, -0.05) is 6.92 Å². The number of nitrogens with zero attached hydrogens (tertiary/aromatic N) is 1. The van der Waals surface area contributed by atoms with Crippen LogP contribution in [0.2, 0.25) is 0 Å². The third-order valence-electron chi connectivity index (χ3n) is 3.89. The van der Waals surface area contributed by atoms with Gasteiger partial charge in [-0.3, -0.25) is 4.90 Å². The molecule has 3 heteroatoms. The standard InChI is InChI=1S/C15H32N2O/c1-12-7-8-17(13(2)9-12)14(11-18-6)10-16-15(3,4)5/h12-14,16H,7-11H2,1-6H3. The molecule has 0 aliphatic carbocycles. The summed E-state index contributed by atoms with van der Waals surface area (Å²) in [4.78, 5) is 2.63. The summed E-state index contributed by atoms with van der Waals surface area (Å²) in [6.45, 7) is 14.4.